The van der Waals surface area contributed by atoms with Gasteiger partial charge in [0.2, 0.25) is 53.2 Å². The van der Waals surface area contributed by atoms with Gasteiger partial charge in [-0.1, -0.05) is 24.3 Å². The topological polar surface area (TPSA) is 446 Å². The van der Waals surface area contributed by atoms with Crippen molar-refractivity contribution in [3.05, 3.63) is 59.7 Å². The Balaban J connectivity index is 1.87. The molecule has 9 amide bonds. The van der Waals surface area contributed by atoms with E-state index in [2.05, 4.69) is 31.9 Å². The van der Waals surface area contributed by atoms with Crippen molar-refractivity contribution in [2.45, 2.75) is 126 Å². The zero-order valence-corrected chi connectivity index (χ0v) is 38.4. The second-order valence-corrected chi connectivity index (χ2v) is 16.8. The minimum atomic E-state index is -1.89. The molecule has 0 saturated carbocycles. The number of aliphatic carboxylic acids is 1. The lowest BCUT2D eigenvalue weighted by Gasteiger charge is -2.31. The molecule has 1 aliphatic heterocycles. The Labute approximate surface area is 401 Å². The van der Waals surface area contributed by atoms with Crippen molar-refractivity contribution in [2.24, 2.45) is 17.2 Å². The molecule has 0 unspecified atom stereocenters. The quantitative estimate of drug-likeness (QED) is 0.0397. The molecule has 3 rings (SSSR count). The van der Waals surface area contributed by atoms with E-state index in [0.29, 0.717) is 11.1 Å². The van der Waals surface area contributed by atoms with Gasteiger partial charge in [0.25, 0.3) is 0 Å². The van der Waals surface area contributed by atoms with Gasteiger partial charge < -0.3 is 84.6 Å². The Hall–Kier alpha value is -7.42. The van der Waals surface area contributed by atoms with E-state index in [9.17, 15) is 78.6 Å². The van der Waals surface area contributed by atoms with Gasteiger partial charge in [-0.25, -0.2) is 4.79 Å². The maximum Gasteiger partial charge on any atom is 0.328 e. The van der Waals surface area contributed by atoms with E-state index in [1.54, 1.807) is 0 Å². The number of aromatic hydroxyl groups is 2. The van der Waals surface area contributed by atoms with Gasteiger partial charge in [0.05, 0.1) is 24.9 Å². The number of rotatable bonds is 27. The lowest BCUT2D eigenvalue weighted by atomic mass is 10.0. The van der Waals surface area contributed by atoms with Crippen LogP contribution in [0.3, 0.4) is 0 Å². The molecule has 0 aliphatic carbocycles. The number of carbonyl (C=O) groups excluding carboxylic acids is 9. The number of likely N-dealkylation sites (tertiary alicyclic amines) is 1. The summed E-state index contributed by atoms with van der Waals surface area (Å²) in [7, 11) is 0. The van der Waals surface area contributed by atoms with Gasteiger partial charge in [0.1, 0.15) is 47.8 Å². The molecule has 0 aromatic heterocycles. The summed E-state index contributed by atoms with van der Waals surface area (Å²) in [5.41, 5.74) is 17.0. The van der Waals surface area contributed by atoms with Crippen molar-refractivity contribution in [1.82, 2.24) is 36.8 Å². The highest BCUT2D eigenvalue weighted by atomic mass is 16.4. The summed E-state index contributed by atoms with van der Waals surface area (Å²) < 4.78 is 0. The molecule has 1 heterocycles. The molecule has 1 saturated heterocycles. The maximum absolute atomic E-state index is 14.2. The van der Waals surface area contributed by atoms with Crippen LogP contribution in [0.1, 0.15) is 63.5 Å². The number of nitrogens with zero attached hydrogens (tertiary/aromatic N) is 1. The van der Waals surface area contributed by atoms with E-state index in [1.807, 2.05) is 0 Å². The molecule has 2 aromatic rings. The largest absolute Gasteiger partial charge is 0.508 e. The highest BCUT2D eigenvalue weighted by Gasteiger charge is 2.41. The SMILES string of the molecule is C[C@@H](O)[C@H](NC(=O)[C@@H]1CCCN1C(=O)[C@H](Cc1ccc(O)cc1)NC(=O)[C@@H](NC(=O)[C@H](CO)NC(=O)[C@H](Cc1ccc(O)cc1)NC(=O)[C@H](CCC(N)=O)NC(=O)[C@@H](N)CCC(N)=O)[C@@H](C)O)C(=O)O. The summed E-state index contributed by atoms with van der Waals surface area (Å²) >= 11 is 0. The van der Waals surface area contributed by atoms with E-state index in [-0.39, 0.29) is 63.0 Å². The van der Waals surface area contributed by atoms with Crippen molar-refractivity contribution < 1.29 is 78.6 Å². The molecular weight excluding hydrogens is 925 g/mol. The fraction of sp³-hybridized carbons (Fsp3) is 0.500. The minimum Gasteiger partial charge on any atom is -0.508 e. The number of benzene rings is 2. The van der Waals surface area contributed by atoms with Crippen molar-refractivity contribution in [3.8, 4) is 11.5 Å². The number of phenolic OH excluding ortho intramolecular Hbond substituents is 2. The molecule has 10 atom stereocenters. The molecule has 0 spiro atoms. The van der Waals surface area contributed by atoms with Gasteiger partial charge in [-0.15, -0.1) is 0 Å². The van der Waals surface area contributed by atoms with Crippen LogP contribution in [0, 0.1) is 0 Å². The smallest absolute Gasteiger partial charge is 0.328 e. The van der Waals surface area contributed by atoms with E-state index in [1.165, 1.54) is 48.5 Å². The molecule has 26 heteroatoms. The molecule has 1 fully saturated rings. The third-order valence-electron chi connectivity index (χ3n) is 11.1. The van der Waals surface area contributed by atoms with Gasteiger partial charge in [-0.2, -0.15) is 0 Å². The van der Waals surface area contributed by atoms with Crippen molar-refractivity contribution in [1.29, 1.82) is 0 Å². The number of carboxylic acid groups (broad SMARTS) is 1. The monoisotopic (exact) mass is 986 g/mol. The number of carboxylic acids is 1. The number of primary amides is 2. The Morgan fingerprint density at radius 1 is 0.614 bits per heavy atom. The zero-order valence-electron chi connectivity index (χ0n) is 38.4. The third-order valence-corrected chi connectivity index (χ3v) is 11.1. The van der Waals surface area contributed by atoms with Crippen LogP contribution in [0.15, 0.2) is 48.5 Å². The van der Waals surface area contributed by atoms with Gasteiger partial charge in [0.15, 0.2) is 6.04 Å². The summed E-state index contributed by atoms with van der Waals surface area (Å²) in [6, 6.07) is -1.83. The Morgan fingerprint density at radius 2 is 1.07 bits per heavy atom. The normalized spacial score (nSPS) is 17.1. The molecule has 70 heavy (non-hydrogen) atoms. The number of hydrogen-bond donors (Lipinski definition) is 15. The van der Waals surface area contributed by atoms with E-state index < -0.39 is 133 Å². The number of nitrogens with one attached hydrogen (secondary N) is 6. The van der Waals surface area contributed by atoms with Crippen LogP contribution < -0.4 is 49.1 Å². The predicted molar refractivity (Wildman–Crippen MR) is 243 cm³/mol. The number of hydrogen-bond acceptors (Lipinski definition) is 16. The van der Waals surface area contributed by atoms with Crippen LogP contribution in [0.25, 0.3) is 0 Å². The van der Waals surface area contributed by atoms with E-state index in [4.69, 9.17) is 17.2 Å². The van der Waals surface area contributed by atoms with E-state index in [0.717, 1.165) is 18.7 Å². The van der Waals surface area contributed by atoms with Crippen molar-refractivity contribution in [3.63, 3.8) is 0 Å². The molecule has 0 radical (unpaired) electrons. The van der Waals surface area contributed by atoms with Crippen LogP contribution in [0.4, 0.5) is 0 Å². The van der Waals surface area contributed by atoms with Crippen LogP contribution in [0.2, 0.25) is 0 Å². The van der Waals surface area contributed by atoms with Gasteiger partial charge >= 0.3 is 5.97 Å². The van der Waals surface area contributed by atoms with Gasteiger partial charge in [-0.05, 0) is 74.9 Å². The Bertz CT molecular complexity index is 2190. The molecule has 0 bridgehead atoms. The van der Waals surface area contributed by atoms with Gasteiger partial charge in [-0.3, -0.25) is 43.2 Å². The first-order chi connectivity index (χ1) is 32.9. The van der Waals surface area contributed by atoms with Crippen molar-refractivity contribution >= 4 is 59.1 Å². The summed E-state index contributed by atoms with van der Waals surface area (Å²) in [6.45, 7) is 1.13. The highest BCUT2D eigenvalue weighted by molar-refractivity contribution is 5.98. The van der Waals surface area contributed by atoms with Crippen LogP contribution in [0.5, 0.6) is 11.5 Å². The number of amides is 9. The van der Waals surface area contributed by atoms with Gasteiger partial charge in [0, 0.05) is 32.2 Å². The highest BCUT2D eigenvalue weighted by Crippen LogP contribution is 2.21. The molecule has 384 valence electrons. The number of phenols is 2. The molecule has 18 N–H and O–H groups in total. The van der Waals surface area contributed by atoms with E-state index >= 15 is 0 Å². The predicted octanol–water partition coefficient (Wildman–Crippen LogP) is -5.52. The number of aliphatic hydroxyl groups excluding tert-OH is 3. The summed E-state index contributed by atoms with van der Waals surface area (Å²) in [6.07, 6.45) is -4.68. The van der Waals surface area contributed by atoms with Crippen LogP contribution in [-0.2, 0) is 60.8 Å². The second-order valence-electron chi connectivity index (χ2n) is 16.8. The molecular formula is C44H62N10O16. The van der Waals surface area contributed by atoms with Crippen LogP contribution in [-0.4, -0.2) is 168 Å². The summed E-state index contributed by atoms with van der Waals surface area (Å²) in [4.78, 5) is 131. The summed E-state index contributed by atoms with van der Waals surface area (Å²) in [5.74, 6) is -10.6. The first-order valence-electron chi connectivity index (χ1n) is 22.1. The average Bonchev–Trinajstić information content (AvgIpc) is 3.80. The third kappa shape index (κ3) is 17.6. The summed E-state index contributed by atoms with van der Waals surface area (Å²) in [5, 5.41) is 74.2. The Morgan fingerprint density at radius 3 is 1.57 bits per heavy atom. The van der Waals surface area contributed by atoms with Crippen LogP contribution >= 0.6 is 0 Å². The first-order valence-corrected chi connectivity index (χ1v) is 22.1. The number of aliphatic hydroxyl groups is 3. The Kier molecular flexibility index (Phi) is 21.9. The standard InChI is InChI=1S/C44H62N10O16/c1-21(56)35(42(67)50-30(19-24-7-11-26(59)12-8-24)43(68)54-17-3-4-32(54)41(66)53-36(22(2)57)44(69)70)52-40(65)31(20-55)51-39(64)29(18-23-5-9-25(58)10-6-23)49-38(63)28(14-16-34(47)61)48-37(62)27(45)13-15-33(46)60/h5-12,21-22,27-32,35-36,55-59H,3-4,13-20,45H2,1-2H3,(H2,46,60)(H2,47,61)(H,48,62)(H,49,63)(H,50,67)(H,51,64)(H,52,65)(H,53,66)(H,69,70)/t21-,22-,27+,28+,29+,30+,31+,32+,35+,36+/m1/s1. The minimum absolute atomic E-state index is 0.0107. The van der Waals surface area contributed by atoms with Crippen molar-refractivity contribution in [2.75, 3.05) is 13.2 Å². The second kappa shape index (κ2) is 26.9. The first kappa shape index (κ1) is 56.9. The zero-order chi connectivity index (χ0) is 52.4. The fourth-order valence-corrected chi connectivity index (χ4v) is 7.21. The number of nitrogens with two attached hydrogens (primary N) is 3. The molecule has 2 aromatic carbocycles. The molecule has 1 aliphatic rings. The maximum atomic E-state index is 14.2. The average molecular weight is 987 g/mol. The lowest BCUT2D eigenvalue weighted by Crippen LogP contribution is -2.62. The number of carbonyl (C=O) groups is 10. The fourth-order valence-electron chi connectivity index (χ4n) is 7.21. The molecule has 26 nitrogen and oxygen atoms in total. The lowest BCUT2D eigenvalue weighted by molar-refractivity contribution is -0.147.